The van der Waals surface area contributed by atoms with Crippen molar-refractivity contribution in [2.24, 2.45) is 0 Å². The largest absolute Gasteiger partial charge is 0.352 e. The summed E-state index contributed by atoms with van der Waals surface area (Å²) in [7, 11) is 0. The number of nitrogens with zero attached hydrogens (tertiary/aromatic N) is 1. The molecule has 0 spiro atoms. The zero-order chi connectivity index (χ0) is 22.9. The Bertz CT molecular complexity index is 1100. The second kappa shape index (κ2) is 11.1. The van der Waals surface area contributed by atoms with Gasteiger partial charge in [-0.3, -0.25) is 14.4 Å². The van der Waals surface area contributed by atoms with Gasteiger partial charge < -0.3 is 16.0 Å². The van der Waals surface area contributed by atoms with Gasteiger partial charge in [-0.25, -0.2) is 9.37 Å². The predicted octanol–water partition coefficient (Wildman–Crippen LogP) is 4.38. The minimum atomic E-state index is -0.412. The number of carbonyl (C=O) groups is 3. The zero-order valence-electron chi connectivity index (χ0n) is 16.9. The fourth-order valence-corrected chi connectivity index (χ4v) is 2.99. The lowest BCUT2D eigenvalue weighted by atomic mass is 10.1. The Hall–Kier alpha value is -3.59. The maximum absolute atomic E-state index is 12.9. The number of hydrogen-bond acceptors (Lipinski definition) is 4. The third-order valence-electron chi connectivity index (χ3n) is 4.35. The summed E-state index contributed by atoms with van der Waals surface area (Å²) >= 11 is 3.28. The monoisotopic (exact) mass is 498 g/mol. The standard InChI is InChI=1S/C23H20BrFN4O3/c24-17-8-11-20(27-14-17)29-23(32)16-3-1-4-19(13-16)28-21(30)5-2-12-26-22(31)15-6-9-18(25)10-7-15/h1,3-4,6-11,13-14H,2,5,12H2,(H,26,31)(H,28,30)(H,27,29,32). The molecule has 0 saturated heterocycles. The van der Waals surface area contributed by atoms with E-state index >= 15 is 0 Å². The van der Waals surface area contributed by atoms with Gasteiger partial charge in [-0.2, -0.15) is 0 Å². The van der Waals surface area contributed by atoms with Crippen molar-refractivity contribution >= 4 is 45.2 Å². The average Bonchev–Trinajstić information content (AvgIpc) is 2.79. The second-order valence-electron chi connectivity index (χ2n) is 6.81. The molecule has 0 aliphatic rings. The van der Waals surface area contributed by atoms with E-state index in [1.165, 1.54) is 24.3 Å². The molecule has 0 unspecified atom stereocenters. The van der Waals surface area contributed by atoms with Crippen LogP contribution in [0.15, 0.2) is 71.3 Å². The highest BCUT2D eigenvalue weighted by molar-refractivity contribution is 9.10. The first-order valence-corrected chi connectivity index (χ1v) is 10.6. The number of hydrogen-bond donors (Lipinski definition) is 3. The summed E-state index contributed by atoms with van der Waals surface area (Å²) in [6.07, 6.45) is 2.19. The van der Waals surface area contributed by atoms with E-state index in [9.17, 15) is 18.8 Å². The van der Waals surface area contributed by atoms with Gasteiger partial charge in [-0.15, -0.1) is 0 Å². The summed E-state index contributed by atoms with van der Waals surface area (Å²) in [4.78, 5) is 40.7. The van der Waals surface area contributed by atoms with Crippen LogP contribution in [0.3, 0.4) is 0 Å². The molecule has 0 aliphatic carbocycles. The van der Waals surface area contributed by atoms with Crippen molar-refractivity contribution in [3.8, 4) is 0 Å². The van der Waals surface area contributed by atoms with E-state index in [1.807, 2.05) is 0 Å². The molecule has 0 saturated carbocycles. The van der Waals surface area contributed by atoms with Gasteiger partial charge in [0.2, 0.25) is 5.91 Å². The number of rotatable bonds is 8. The minimum absolute atomic E-state index is 0.183. The first-order chi connectivity index (χ1) is 15.4. The van der Waals surface area contributed by atoms with Crippen molar-refractivity contribution in [1.29, 1.82) is 0 Å². The Morgan fingerprint density at radius 1 is 0.906 bits per heavy atom. The van der Waals surface area contributed by atoms with Gasteiger partial charge >= 0.3 is 0 Å². The lowest BCUT2D eigenvalue weighted by Gasteiger charge is -2.09. The van der Waals surface area contributed by atoms with Gasteiger partial charge in [-0.1, -0.05) is 6.07 Å². The van der Waals surface area contributed by atoms with E-state index < -0.39 is 5.82 Å². The topological polar surface area (TPSA) is 100 Å². The van der Waals surface area contributed by atoms with E-state index in [-0.39, 0.29) is 24.1 Å². The Labute approximate surface area is 192 Å². The Balaban J connectivity index is 1.44. The van der Waals surface area contributed by atoms with Crippen molar-refractivity contribution in [3.63, 3.8) is 0 Å². The summed E-state index contributed by atoms with van der Waals surface area (Å²) in [5.41, 5.74) is 1.21. The minimum Gasteiger partial charge on any atom is -0.352 e. The number of amides is 3. The van der Waals surface area contributed by atoms with Gasteiger partial charge in [0, 0.05) is 40.4 Å². The number of nitrogens with one attached hydrogen (secondary N) is 3. The summed E-state index contributed by atoms with van der Waals surface area (Å²) in [6.45, 7) is 0.298. The number of aromatic nitrogens is 1. The summed E-state index contributed by atoms with van der Waals surface area (Å²) in [5.74, 6) is -0.919. The fraction of sp³-hybridized carbons (Fsp3) is 0.130. The third-order valence-corrected chi connectivity index (χ3v) is 4.82. The number of carbonyl (C=O) groups excluding carboxylic acids is 3. The quantitative estimate of drug-likeness (QED) is 0.401. The van der Waals surface area contributed by atoms with Gasteiger partial charge in [0.05, 0.1) is 0 Å². The molecule has 0 fully saturated rings. The molecule has 3 aromatic rings. The average molecular weight is 499 g/mol. The van der Waals surface area contributed by atoms with E-state index in [0.29, 0.717) is 35.6 Å². The molecule has 0 bridgehead atoms. The van der Waals surface area contributed by atoms with E-state index in [2.05, 4.69) is 36.9 Å². The molecule has 3 rings (SSSR count). The molecule has 32 heavy (non-hydrogen) atoms. The van der Waals surface area contributed by atoms with Gasteiger partial charge in [0.1, 0.15) is 11.6 Å². The van der Waals surface area contributed by atoms with E-state index in [0.717, 1.165) is 4.47 Å². The van der Waals surface area contributed by atoms with Gasteiger partial charge in [-0.05, 0) is 76.9 Å². The summed E-state index contributed by atoms with van der Waals surface area (Å²) < 4.78 is 13.7. The van der Waals surface area contributed by atoms with Crippen LogP contribution in [-0.2, 0) is 4.79 Å². The van der Waals surface area contributed by atoms with Crippen LogP contribution in [0, 0.1) is 5.82 Å². The molecule has 3 N–H and O–H groups in total. The van der Waals surface area contributed by atoms with Crippen molar-refractivity contribution in [1.82, 2.24) is 10.3 Å². The highest BCUT2D eigenvalue weighted by Gasteiger charge is 2.10. The first kappa shape index (κ1) is 23.1. The highest BCUT2D eigenvalue weighted by Crippen LogP contribution is 2.15. The van der Waals surface area contributed by atoms with Crippen LogP contribution in [0.25, 0.3) is 0 Å². The normalized spacial score (nSPS) is 10.3. The number of anilines is 2. The van der Waals surface area contributed by atoms with Crippen LogP contribution in [0.4, 0.5) is 15.9 Å². The van der Waals surface area contributed by atoms with Crippen molar-refractivity contribution in [2.75, 3.05) is 17.2 Å². The maximum Gasteiger partial charge on any atom is 0.256 e. The van der Waals surface area contributed by atoms with Gasteiger partial charge in [0.25, 0.3) is 11.8 Å². The van der Waals surface area contributed by atoms with Crippen LogP contribution in [0.1, 0.15) is 33.6 Å². The zero-order valence-corrected chi connectivity index (χ0v) is 18.5. The van der Waals surface area contributed by atoms with Crippen LogP contribution >= 0.6 is 15.9 Å². The van der Waals surface area contributed by atoms with Gasteiger partial charge in [0.15, 0.2) is 0 Å². The van der Waals surface area contributed by atoms with Crippen LogP contribution < -0.4 is 16.0 Å². The summed E-state index contributed by atoms with van der Waals surface area (Å²) in [5, 5.41) is 8.11. The molecule has 0 aliphatic heterocycles. The molecule has 2 aromatic carbocycles. The smallest absolute Gasteiger partial charge is 0.256 e. The second-order valence-corrected chi connectivity index (χ2v) is 7.73. The highest BCUT2D eigenvalue weighted by atomic mass is 79.9. The molecule has 3 amide bonds. The number of pyridine rings is 1. The van der Waals surface area contributed by atoms with Crippen LogP contribution in [0.2, 0.25) is 0 Å². The fourth-order valence-electron chi connectivity index (χ4n) is 2.75. The third kappa shape index (κ3) is 6.98. The molecule has 1 heterocycles. The Kier molecular flexibility index (Phi) is 8.04. The van der Waals surface area contributed by atoms with Crippen molar-refractivity contribution in [3.05, 3.63) is 88.3 Å². The first-order valence-electron chi connectivity index (χ1n) is 9.77. The van der Waals surface area contributed by atoms with Crippen LogP contribution in [0.5, 0.6) is 0 Å². The molecule has 0 atom stereocenters. The molecule has 9 heteroatoms. The molecule has 7 nitrogen and oxygen atoms in total. The molecular formula is C23H20BrFN4O3. The number of halogens is 2. The van der Waals surface area contributed by atoms with E-state index in [4.69, 9.17) is 0 Å². The predicted molar refractivity (Wildman–Crippen MR) is 123 cm³/mol. The Morgan fingerprint density at radius 2 is 1.69 bits per heavy atom. The van der Waals surface area contributed by atoms with Crippen LogP contribution in [-0.4, -0.2) is 29.3 Å². The van der Waals surface area contributed by atoms with E-state index in [1.54, 1.807) is 42.6 Å². The van der Waals surface area contributed by atoms with Crippen molar-refractivity contribution < 1.29 is 18.8 Å². The molecule has 164 valence electrons. The lowest BCUT2D eigenvalue weighted by Crippen LogP contribution is -2.25. The van der Waals surface area contributed by atoms with Crippen molar-refractivity contribution in [2.45, 2.75) is 12.8 Å². The SMILES string of the molecule is O=C(CCCNC(=O)c1ccc(F)cc1)Nc1cccc(C(=O)Nc2ccc(Br)cn2)c1. The maximum atomic E-state index is 12.9. The molecule has 1 aromatic heterocycles. The lowest BCUT2D eigenvalue weighted by molar-refractivity contribution is -0.116. The molecule has 0 radical (unpaired) electrons. The molecular weight excluding hydrogens is 479 g/mol. The number of benzene rings is 2. The Morgan fingerprint density at radius 3 is 2.41 bits per heavy atom. The summed E-state index contributed by atoms with van der Waals surface area (Å²) in [6, 6.07) is 15.2.